The molecule has 0 unspecified atom stereocenters. The second-order valence-corrected chi connectivity index (χ2v) is 4.27. The van der Waals surface area contributed by atoms with Crippen LogP contribution in [0.15, 0.2) is 0 Å². The highest BCUT2D eigenvalue weighted by molar-refractivity contribution is 5.68. The van der Waals surface area contributed by atoms with E-state index < -0.39 is 0 Å². The molecule has 0 aliphatic heterocycles. The lowest BCUT2D eigenvalue weighted by Gasteiger charge is -2.30. The third-order valence-electron chi connectivity index (χ3n) is 2.06. The van der Waals surface area contributed by atoms with E-state index in [1.807, 2.05) is 20.8 Å². The monoisotopic (exact) mass is 203 g/mol. The van der Waals surface area contributed by atoms with Crippen molar-refractivity contribution >= 4 is 6.09 Å². The topological polar surface area (TPSA) is 49.8 Å². The minimum absolute atomic E-state index is 0.145. The third kappa shape index (κ3) is 5.07. The molecule has 0 aromatic rings. The van der Waals surface area contributed by atoms with Crippen molar-refractivity contribution in [2.75, 3.05) is 20.3 Å². The summed E-state index contributed by atoms with van der Waals surface area (Å²) in [7, 11) is 1.72. The van der Waals surface area contributed by atoms with Crippen LogP contribution >= 0.6 is 0 Å². The summed E-state index contributed by atoms with van der Waals surface area (Å²) in [5.74, 6) is 0. The standard InChI is InChI=1S/C10H21NO3/c1-10(2,3)11(4)9(13)14-8-6-5-7-12/h12H,5-8H2,1-4H3. The Morgan fingerprint density at radius 1 is 1.36 bits per heavy atom. The number of nitrogens with zero attached hydrogens (tertiary/aromatic N) is 1. The minimum atomic E-state index is -0.310. The van der Waals surface area contributed by atoms with Gasteiger partial charge < -0.3 is 14.7 Å². The molecule has 0 aromatic carbocycles. The van der Waals surface area contributed by atoms with Gasteiger partial charge in [-0.15, -0.1) is 0 Å². The van der Waals surface area contributed by atoms with Crippen LogP contribution in [0, 0.1) is 0 Å². The van der Waals surface area contributed by atoms with Crippen LogP contribution in [-0.2, 0) is 4.74 Å². The number of aliphatic hydroxyl groups is 1. The predicted octanol–water partition coefficient (Wildman–Crippen LogP) is 1.63. The van der Waals surface area contributed by atoms with Crippen LogP contribution in [-0.4, -0.2) is 41.9 Å². The highest BCUT2D eigenvalue weighted by atomic mass is 16.6. The summed E-state index contributed by atoms with van der Waals surface area (Å²) in [6.45, 7) is 6.36. The van der Waals surface area contributed by atoms with E-state index >= 15 is 0 Å². The molecular formula is C10H21NO3. The van der Waals surface area contributed by atoms with E-state index in [-0.39, 0.29) is 18.2 Å². The molecule has 84 valence electrons. The van der Waals surface area contributed by atoms with Crippen LogP contribution in [0.25, 0.3) is 0 Å². The Bertz CT molecular complexity index is 175. The molecule has 0 radical (unpaired) electrons. The number of unbranched alkanes of at least 4 members (excludes halogenated alkanes) is 1. The fourth-order valence-electron chi connectivity index (χ4n) is 0.744. The molecule has 1 N–H and O–H groups in total. The molecule has 14 heavy (non-hydrogen) atoms. The molecule has 0 aliphatic carbocycles. The molecule has 4 heteroatoms. The van der Waals surface area contributed by atoms with Crippen molar-refractivity contribution in [3.63, 3.8) is 0 Å². The Hall–Kier alpha value is -0.770. The number of amides is 1. The van der Waals surface area contributed by atoms with E-state index in [9.17, 15) is 4.79 Å². The second-order valence-electron chi connectivity index (χ2n) is 4.27. The second kappa shape index (κ2) is 5.86. The van der Waals surface area contributed by atoms with Crippen LogP contribution < -0.4 is 0 Å². The summed E-state index contributed by atoms with van der Waals surface area (Å²) < 4.78 is 5.01. The molecule has 0 atom stereocenters. The number of ether oxygens (including phenoxy) is 1. The summed E-state index contributed by atoms with van der Waals surface area (Å²) in [4.78, 5) is 13.0. The molecule has 0 saturated carbocycles. The summed E-state index contributed by atoms with van der Waals surface area (Å²) in [6, 6.07) is 0. The lowest BCUT2D eigenvalue weighted by Crippen LogP contribution is -2.42. The van der Waals surface area contributed by atoms with Crippen LogP contribution in [0.2, 0.25) is 0 Å². The number of carbonyl (C=O) groups is 1. The van der Waals surface area contributed by atoms with Crippen molar-refractivity contribution < 1.29 is 14.6 Å². The van der Waals surface area contributed by atoms with Crippen molar-refractivity contribution in [2.45, 2.75) is 39.2 Å². The number of hydrogen-bond donors (Lipinski definition) is 1. The van der Waals surface area contributed by atoms with Crippen LogP contribution in [0.1, 0.15) is 33.6 Å². The Morgan fingerprint density at radius 2 is 1.93 bits per heavy atom. The molecule has 0 bridgehead atoms. The van der Waals surface area contributed by atoms with Gasteiger partial charge in [-0.25, -0.2) is 4.79 Å². The fourth-order valence-corrected chi connectivity index (χ4v) is 0.744. The summed E-state index contributed by atoms with van der Waals surface area (Å²) in [6.07, 6.45) is 1.07. The first-order valence-corrected chi connectivity index (χ1v) is 4.91. The highest BCUT2D eigenvalue weighted by Gasteiger charge is 2.23. The average molecular weight is 203 g/mol. The summed E-state index contributed by atoms with van der Waals surface area (Å²) >= 11 is 0. The smallest absolute Gasteiger partial charge is 0.409 e. The minimum Gasteiger partial charge on any atom is -0.449 e. The largest absolute Gasteiger partial charge is 0.449 e. The molecule has 0 heterocycles. The van der Waals surface area contributed by atoms with Gasteiger partial charge in [0.05, 0.1) is 6.61 Å². The first kappa shape index (κ1) is 13.2. The molecule has 1 amide bonds. The third-order valence-corrected chi connectivity index (χ3v) is 2.06. The van der Waals surface area contributed by atoms with E-state index in [2.05, 4.69) is 0 Å². The number of aliphatic hydroxyl groups excluding tert-OH is 1. The van der Waals surface area contributed by atoms with E-state index in [0.717, 1.165) is 0 Å². The normalized spacial score (nSPS) is 11.2. The first-order valence-electron chi connectivity index (χ1n) is 4.91. The van der Waals surface area contributed by atoms with Gasteiger partial charge >= 0.3 is 6.09 Å². The van der Waals surface area contributed by atoms with Gasteiger partial charge in [0.25, 0.3) is 0 Å². The van der Waals surface area contributed by atoms with E-state index in [1.165, 1.54) is 0 Å². The van der Waals surface area contributed by atoms with Gasteiger partial charge in [-0.2, -0.15) is 0 Å². The average Bonchev–Trinajstić information content (AvgIpc) is 2.09. The SMILES string of the molecule is CN(C(=O)OCCCCO)C(C)(C)C. The Kier molecular flexibility index (Phi) is 5.53. The number of hydrogen-bond acceptors (Lipinski definition) is 3. The van der Waals surface area contributed by atoms with Gasteiger partial charge in [-0.3, -0.25) is 0 Å². The van der Waals surface area contributed by atoms with Crippen LogP contribution in [0.5, 0.6) is 0 Å². The van der Waals surface area contributed by atoms with Crippen molar-refractivity contribution in [1.82, 2.24) is 4.90 Å². The lowest BCUT2D eigenvalue weighted by molar-refractivity contribution is 0.0788. The molecule has 0 aromatic heterocycles. The van der Waals surface area contributed by atoms with E-state index in [4.69, 9.17) is 9.84 Å². The zero-order valence-corrected chi connectivity index (χ0v) is 9.54. The van der Waals surface area contributed by atoms with Gasteiger partial charge in [0.15, 0.2) is 0 Å². The number of rotatable bonds is 4. The Morgan fingerprint density at radius 3 is 2.36 bits per heavy atom. The summed E-state index contributed by atoms with van der Waals surface area (Å²) in [5, 5.41) is 8.52. The predicted molar refractivity (Wildman–Crippen MR) is 55.2 cm³/mol. The Labute approximate surface area is 85.9 Å². The molecule has 0 fully saturated rings. The van der Waals surface area contributed by atoms with Crippen LogP contribution in [0.4, 0.5) is 4.79 Å². The van der Waals surface area contributed by atoms with Gasteiger partial charge in [-0.05, 0) is 33.6 Å². The fraction of sp³-hybridized carbons (Fsp3) is 0.900. The van der Waals surface area contributed by atoms with Crippen molar-refractivity contribution in [2.24, 2.45) is 0 Å². The molecule has 0 rings (SSSR count). The molecule has 0 aliphatic rings. The molecule has 4 nitrogen and oxygen atoms in total. The maximum atomic E-state index is 11.4. The van der Waals surface area contributed by atoms with Gasteiger partial charge in [0.2, 0.25) is 0 Å². The highest BCUT2D eigenvalue weighted by Crippen LogP contribution is 2.11. The lowest BCUT2D eigenvalue weighted by atomic mass is 10.1. The van der Waals surface area contributed by atoms with Gasteiger partial charge in [0, 0.05) is 19.2 Å². The zero-order valence-electron chi connectivity index (χ0n) is 9.54. The van der Waals surface area contributed by atoms with Crippen molar-refractivity contribution in [3.8, 4) is 0 Å². The first-order chi connectivity index (χ1) is 6.39. The zero-order chi connectivity index (χ0) is 11.2. The maximum absolute atomic E-state index is 11.4. The molecule has 0 spiro atoms. The Balaban J connectivity index is 3.74. The maximum Gasteiger partial charge on any atom is 0.409 e. The van der Waals surface area contributed by atoms with Crippen molar-refractivity contribution in [1.29, 1.82) is 0 Å². The van der Waals surface area contributed by atoms with Crippen molar-refractivity contribution in [3.05, 3.63) is 0 Å². The molecule has 0 saturated heterocycles. The summed E-state index contributed by atoms with van der Waals surface area (Å²) in [5.41, 5.74) is -0.214. The van der Waals surface area contributed by atoms with Crippen LogP contribution in [0.3, 0.4) is 0 Å². The number of carbonyl (C=O) groups excluding carboxylic acids is 1. The van der Waals surface area contributed by atoms with E-state index in [1.54, 1.807) is 11.9 Å². The molecular weight excluding hydrogens is 182 g/mol. The van der Waals surface area contributed by atoms with Gasteiger partial charge in [0.1, 0.15) is 0 Å². The quantitative estimate of drug-likeness (QED) is 0.706. The van der Waals surface area contributed by atoms with E-state index in [0.29, 0.717) is 19.4 Å². The van der Waals surface area contributed by atoms with Gasteiger partial charge in [-0.1, -0.05) is 0 Å².